The third-order valence-corrected chi connectivity index (χ3v) is 3.53. The van der Waals surface area contributed by atoms with Crippen LogP contribution in [0.1, 0.15) is 25.0 Å². The van der Waals surface area contributed by atoms with Crippen molar-refractivity contribution in [3.8, 4) is 5.75 Å². The van der Waals surface area contributed by atoms with Gasteiger partial charge in [-0.2, -0.15) is 13.2 Å². The fourth-order valence-electron chi connectivity index (χ4n) is 2.37. The molecule has 27 heavy (non-hydrogen) atoms. The molecule has 2 amide bonds. The Morgan fingerprint density at radius 1 is 1.00 bits per heavy atom. The number of ether oxygens (including phenoxy) is 1. The van der Waals surface area contributed by atoms with E-state index in [1.165, 1.54) is 6.92 Å². The molecule has 0 aliphatic heterocycles. The van der Waals surface area contributed by atoms with Crippen LogP contribution in [-0.2, 0) is 22.2 Å². The molecule has 2 aromatic carbocycles. The zero-order valence-corrected chi connectivity index (χ0v) is 14.8. The third-order valence-electron chi connectivity index (χ3n) is 3.53. The lowest BCUT2D eigenvalue weighted by molar-refractivity contribution is -0.137. The number of carbonyl (C=O) groups excluding carboxylic acids is 2. The summed E-state index contributed by atoms with van der Waals surface area (Å²) in [6.07, 6.45) is -4.61. The van der Waals surface area contributed by atoms with Crippen molar-refractivity contribution in [3.63, 3.8) is 0 Å². The van der Waals surface area contributed by atoms with E-state index >= 15 is 0 Å². The van der Waals surface area contributed by atoms with Gasteiger partial charge in [0.1, 0.15) is 5.75 Å². The van der Waals surface area contributed by atoms with Gasteiger partial charge in [-0.05, 0) is 42.8 Å². The highest BCUT2D eigenvalue weighted by Crippen LogP contribution is 2.34. The molecule has 0 aromatic heterocycles. The fraction of sp³-hybridized carbons (Fsp3) is 0.263. The van der Waals surface area contributed by atoms with Crippen LogP contribution in [0.3, 0.4) is 0 Å². The SMILES string of the molecule is CCOc1ccc(CC(=O)Nc2cc(C(F)(F)F)ccc2NC(C)=O)cc1. The summed E-state index contributed by atoms with van der Waals surface area (Å²) in [6, 6.07) is 9.56. The van der Waals surface area contributed by atoms with Gasteiger partial charge in [0.2, 0.25) is 11.8 Å². The number of halogens is 3. The number of hydrogen-bond donors (Lipinski definition) is 2. The smallest absolute Gasteiger partial charge is 0.416 e. The van der Waals surface area contributed by atoms with Crippen LogP contribution >= 0.6 is 0 Å². The molecule has 8 heteroatoms. The van der Waals surface area contributed by atoms with Crippen molar-refractivity contribution >= 4 is 23.2 Å². The minimum Gasteiger partial charge on any atom is -0.494 e. The van der Waals surface area contributed by atoms with E-state index in [0.717, 1.165) is 18.2 Å². The summed E-state index contributed by atoms with van der Waals surface area (Å²) in [4.78, 5) is 23.5. The normalized spacial score (nSPS) is 11.0. The van der Waals surface area contributed by atoms with Gasteiger partial charge in [-0.3, -0.25) is 9.59 Å². The van der Waals surface area contributed by atoms with E-state index in [9.17, 15) is 22.8 Å². The highest BCUT2D eigenvalue weighted by molar-refractivity contribution is 5.99. The number of carbonyl (C=O) groups is 2. The van der Waals surface area contributed by atoms with E-state index in [0.29, 0.717) is 17.9 Å². The van der Waals surface area contributed by atoms with E-state index in [1.807, 2.05) is 6.92 Å². The summed E-state index contributed by atoms with van der Waals surface area (Å²) in [5.74, 6) is -0.311. The zero-order chi connectivity index (χ0) is 20.0. The predicted molar refractivity (Wildman–Crippen MR) is 95.7 cm³/mol. The van der Waals surface area contributed by atoms with Crippen LogP contribution in [0.15, 0.2) is 42.5 Å². The van der Waals surface area contributed by atoms with Crippen molar-refractivity contribution in [1.29, 1.82) is 0 Å². The molecule has 0 aliphatic carbocycles. The van der Waals surface area contributed by atoms with Gasteiger partial charge in [-0.1, -0.05) is 12.1 Å². The zero-order valence-electron chi connectivity index (χ0n) is 14.8. The standard InChI is InChI=1S/C19H19F3N2O3/c1-3-27-15-7-4-13(5-8-15)10-18(26)24-17-11-14(19(20,21)22)6-9-16(17)23-12(2)25/h4-9,11H,3,10H2,1-2H3,(H,23,25)(H,24,26). The Morgan fingerprint density at radius 3 is 2.22 bits per heavy atom. The fourth-order valence-corrected chi connectivity index (χ4v) is 2.37. The number of anilines is 2. The molecule has 2 aromatic rings. The lowest BCUT2D eigenvalue weighted by atomic mass is 10.1. The minimum absolute atomic E-state index is 0.0395. The van der Waals surface area contributed by atoms with Crippen molar-refractivity contribution in [2.24, 2.45) is 0 Å². The summed E-state index contributed by atoms with van der Waals surface area (Å²) in [5, 5.41) is 4.84. The number of amides is 2. The molecule has 0 saturated carbocycles. The molecule has 0 spiro atoms. The molecule has 0 fully saturated rings. The van der Waals surface area contributed by atoms with Crippen LogP contribution in [0.25, 0.3) is 0 Å². The molecule has 144 valence electrons. The lowest BCUT2D eigenvalue weighted by Gasteiger charge is -2.15. The molecular formula is C19H19F3N2O3. The van der Waals surface area contributed by atoms with Gasteiger partial charge >= 0.3 is 6.18 Å². The highest BCUT2D eigenvalue weighted by atomic mass is 19.4. The number of hydrogen-bond acceptors (Lipinski definition) is 3. The number of nitrogens with one attached hydrogen (secondary N) is 2. The molecule has 2 rings (SSSR count). The van der Waals surface area contributed by atoms with Crippen LogP contribution in [0, 0.1) is 0 Å². The Bertz CT molecular complexity index is 818. The molecule has 0 saturated heterocycles. The Morgan fingerprint density at radius 2 is 1.67 bits per heavy atom. The maximum absolute atomic E-state index is 12.9. The highest BCUT2D eigenvalue weighted by Gasteiger charge is 2.31. The molecule has 0 aliphatic rings. The quantitative estimate of drug-likeness (QED) is 0.788. The van der Waals surface area contributed by atoms with Crippen molar-refractivity contribution in [2.75, 3.05) is 17.2 Å². The molecule has 0 bridgehead atoms. The predicted octanol–water partition coefficient (Wildman–Crippen LogP) is 4.24. The van der Waals surface area contributed by atoms with E-state index in [1.54, 1.807) is 24.3 Å². The van der Waals surface area contributed by atoms with E-state index in [4.69, 9.17) is 4.74 Å². The van der Waals surface area contributed by atoms with Gasteiger partial charge in [0.15, 0.2) is 0 Å². The van der Waals surface area contributed by atoms with E-state index < -0.39 is 23.6 Å². The van der Waals surface area contributed by atoms with Crippen molar-refractivity contribution in [2.45, 2.75) is 26.4 Å². The average Bonchev–Trinajstić information content (AvgIpc) is 2.57. The van der Waals surface area contributed by atoms with Crippen molar-refractivity contribution < 1.29 is 27.5 Å². The first-order chi connectivity index (χ1) is 12.7. The number of rotatable bonds is 6. The largest absolute Gasteiger partial charge is 0.494 e. The summed E-state index contributed by atoms with van der Waals surface area (Å²) in [5.41, 5.74) is -0.275. The van der Waals surface area contributed by atoms with Crippen molar-refractivity contribution in [1.82, 2.24) is 0 Å². The topological polar surface area (TPSA) is 67.4 Å². The summed E-state index contributed by atoms with van der Waals surface area (Å²) < 4.78 is 44.1. The molecule has 2 N–H and O–H groups in total. The Kier molecular flexibility index (Phi) is 6.44. The summed E-state index contributed by atoms with van der Waals surface area (Å²) in [7, 11) is 0. The van der Waals surface area contributed by atoms with Crippen LogP contribution in [0.5, 0.6) is 5.75 Å². The molecule has 0 atom stereocenters. The van der Waals surface area contributed by atoms with Crippen LogP contribution in [0.2, 0.25) is 0 Å². The third kappa shape index (κ3) is 6.02. The molecule has 0 heterocycles. The second-order valence-corrected chi connectivity index (χ2v) is 5.74. The first-order valence-electron chi connectivity index (χ1n) is 8.19. The van der Waals surface area contributed by atoms with Gasteiger partial charge < -0.3 is 15.4 Å². The van der Waals surface area contributed by atoms with Crippen molar-refractivity contribution in [3.05, 3.63) is 53.6 Å². The molecule has 5 nitrogen and oxygen atoms in total. The molecule has 0 unspecified atom stereocenters. The maximum Gasteiger partial charge on any atom is 0.416 e. The van der Waals surface area contributed by atoms with E-state index in [-0.39, 0.29) is 17.8 Å². The number of benzene rings is 2. The maximum atomic E-state index is 12.9. The number of alkyl halides is 3. The monoisotopic (exact) mass is 380 g/mol. The van der Waals surface area contributed by atoms with Gasteiger partial charge in [0.05, 0.1) is 30.0 Å². The summed E-state index contributed by atoms with van der Waals surface area (Å²) >= 11 is 0. The van der Waals surface area contributed by atoms with E-state index in [2.05, 4.69) is 10.6 Å². The molecular weight excluding hydrogens is 361 g/mol. The Balaban J connectivity index is 2.17. The second kappa shape index (κ2) is 8.57. The molecule has 0 radical (unpaired) electrons. The van der Waals surface area contributed by atoms with Crippen LogP contribution < -0.4 is 15.4 Å². The Hall–Kier alpha value is -3.03. The van der Waals surface area contributed by atoms with Gasteiger partial charge in [-0.15, -0.1) is 0 Å². The lowest BCUT2D eigenvalue weighted by Crippen LogP contribution is -2.18. The summed E-state index contributed by atoms with van der Waals surface area (Å²) in [6.45, 7) is 3.59. The van der Waals surface area contributed by atoms with Gasteiger partial charge in [-0.25, -0.2) is 0 Å². The first-order valence-corrected chi connectivity index (χ1v) is 8.19. The van der Waals surface area contributed by atoms with Crippen LogP contribution in [-0.4, -0.2) is 18.4 Å². The average molecular weight is 380 g/mol. The van der Waals surface area contributed by atoms with Gasteiger partial charge in [0, 0.05) is 6.92 Å². The Labute approximate surface area is 154 Å². The van der Waals surface area contributed by atoms with Crippen LogP contribution in [0.4, 0.5) is 24.5 Å². The minimum atomic E-state index is -4.57. The second-order valence-electron chi connectivity index (χ2n) is 5.74. The van der Waals surface area contributed by atoms with Gasteiger partial charge in [0.25, 0.3) is 0 Å². The first kappa shape index (κ1) is 20.3.